The first kappa shape index (κ1) is 9.90. The van der Waals surface area contributed by atoms with Crippen molar-refractivity contribution >= 4 is 27.3 Å². The number of halogens is 1. The minimum absolute atomic E-state index is 0.505. The normalized spacial score (nSPS) is 12.7. The van der Waals surface area contributed by atoms with Gasteiger partial charge in [-0.1, -0.05) is 28.1 Å². The molecule has 0 bridgehead atoms. The topological polar surface area (TPSA) is 20.2 Å². The second-order valence-corrected chi connectivity index (χ2v) is 4.71. The molecule has 1 nitrogen and oxygen atoms in total. The van der Waals surface area contributed by atoms with Crippen molar-refractivity contribution < 1.29 is 5.11 Å². The van der Waals surface area contributed by atoms with Gasteiger partial charge in [0, 0.05) is 4.47 Å². The van der Waals surface area contributed by atoms with E-state index >= 15 is 0 Å². The van der Waals surface area contributed by atoms with Crippen LogP contribution in [0.1, 0.15) is 17.2 Å². The molecule has 72 valence electrons. The average molecular weight is 269 g/mol. The molecular formula is C11H9BrOS. The highest BCUT2D eigenvalue weighted by Gasteiger charge is 2.09. The first-order valence-corrected chi connectivity index (χ1v) is 5.96. The Bertz CT molecular complexity index is 394. The average Bonchev–Trinajstić information content (AvgIpc) is 2.71. The smallest absolute Gasteiger partial charge is 0.105 e. The lowest BCUT2D eigenvalue weighted by molar-refractivity contribution is 0.221. The monoisotopic (exact) mass is 268 g/mol. The summed E-state index contributed by atoms with van der Waals surface area (Å²) >= 11 is 4.96. The van der Waals surface area contributed by atoms with Crippen LogP contribution in [-0.2, 0) is 0 Å². The number of rotatable bonds is 2. The van der Waals surface area contributed by atoms with Crippen molar-refractivity contribution in [1.82, 2.24) is 0 Å². The van der Waals surface area contributed by atoms with Gasteiger partial charge in [0.1, 0.15) is 6.10 Å². The first-order chi connectivity index (χ1) is 6.77. The molecule has 0 radical (unpaired) electrons. The van der Waals surface area contributed by atoms with Crippen molar-refractivity contribution in [3.8, 4) is 0 Å². The minimum atomic E-state index is -0.505. The molecule has 14 heavy (non-hydrogen) atoms. The van der Waals surface area contributed by atoms with Gasteiger partial charge in [0.2, 0.25) is 0 Å². The van der Waals surface area contributed by atoms with Gasteiger partial charge in [-0.05, 0) is 40.1 Å². The number of thiophene rings is 1. The molecule has 0 amide bonds. The van der Waals surface area contributed by atoms with Crippen molar-refractivity contribution in [2.45, 2.75) is 6.10 Å². The van der Waals surface area contributed by atoms with Crippen LogP contribution in [0.2, 0.25) is 0 Å². The molecule has 2 aromatic rings. The third-order valence-corrected chi connectivity index (χ3v) is 3.27. The molecule has 0 aliphatic rings. The number of benzene rings is 1. The predicted molar refractivity (Wildman–Crippen MR) is 62.5 cm³/mol. The number of aliphatic hydroxyl groups is 1. The fraction of sp³-hybridized carbons (Fsp3) is 0.0909. The van der Waals surface area contributed by atoms with E-state index in [1.165, 1.54) is 0 Å². The fourth-order valence-corrected chi connectivity index (χ4v) is 2.21. The Balaban J connectivity index is 2.28. The second-order valence-electron chi connectivity index (χ2n) is 3.01. The highest BCUT2D eigenvalue weighted by molar-refractivity contribution is 9.10. The summed E-state index contributed by atoms with van der Waals surface area (Å²) in [6.45, 7) is 0. The van der Waals surface area contributed by atoms with Crippen LogP contribution < -0.4 is 0 Å². The maximum Gasteiger partial charge on any atom is 0.105 e. The minimum Gasteiger partial charge on any atom is -0.384 e. The third-order valence-electron chi connectivity index (χ3n) is 2.04. The molecule has 0 saturated heterocycles. The van der Waals surface area contributed by atoms with Gasteiger partial charge in [-0.25, -0.2) is 0 Å². The molecule has 1 aromatic carbocycles. The van der Waals surface area contributed by atoms with Gasteiger partial charge in [0.05, 0.1) is 0 Å². The Labute approximate surface area is 95.2 Å². The summed E-state index contributed by atoms with van der Waals surface area (Å²) in [7, 11) is 0. The molecule has 0 aliphatic heterocycles. The molecule has 0 aliphatic carbocycles. The SMILES string of the molecule is OC(c1ccc(Br)cc1)c1ccsc1. The van der Waals surface area contributed by atoms with Crippen LogP contribution in [0.3, 0.4) is 0 Å². The summed E-state index contributed by atoms with van der Waals surface area (Å²) in [4.78, 5) is 0. The van der Waals surface area contributed by atoms with Crippen molar-refractivity contribution in [2.24, 2.45) is 0 Å². The molecule has 1 unspecified atom stereocenters. The number of aliphatic hydroxyl groups excluding tert-OH is 1. The molecule has 3 heteroatoms. The zero-order valence-electron chi connectivity index (χ0n) is 7.35. The highest BCUT2D eigenvalue weighted by Crippen LogP contribution is 2.24. The Hall–Kier alpha value is -0.640. The summed E-state index contributed by atoms with van der Waals surface area (Å²) in [5, 5.41) is 13.9. The van der Waals surface area contributed by atoms with Gasteiger partial charge >= 0.3 is 0 Å². The van der Waals surface area contributed by atoms with E-state index in [1.54, 1.807) is 11.3 Å². The molecule has 0 saturated carbocycles. The number of hydrogen-bond donors (Lipinski definition) is 1. The summed E-state index contributed by atoms with van der Waals surface area (Å²) < 4.78 is 1.03. The quantitative estimate of drug-likeness (QED) is 0.883. The van der Waals surface area contributed by atoms with E-state index in [1.807, 2.05) is 41.1 Å². The Morgan fingerprint density at radius 2 is 1.79 bits per heavy atom. The third kappa shape index (κ3) is 2.05. The molecule has 1 N–H and O–H groups in total. The Kier molecular flexibility index (Phi) is 3.01. The van der Waals surface area contributed by atoms with Gasteiger partial charge in [0.25, 0.3) is 0 Å². The lowest BCUT2D eigenvalue weighted by Crippen LogP contribution is -1.96. The van der Waals surface area contributed by atoms with E-state index in [0.717, 1.165) is 15.6 Å². The van der Waals surface area contributed by atoms with Crippen molar-refractivity contribution in [1.29, 1.82) is 0 Å². The van der Waals surface area contributed by atoms with Crippen molar-refractivity contribution in [3.05, 3.63) is 56.7 Å². The first-order valence-electron chi connectivity index (χ1n) is 4.23. The van der Waals surface area contributed by atoms with E-state index in [4.69, 9.17) is 0 Å². The largest absolute Gasteiger partial charge is 0.384 e. The molecule has 1 aromatic heterocycles. The Morgan fingerprint density at radius 3 is 2.36 bits per heavy atom. The van der Waals surface area contributed by atoms with E-state index in [2.05, 4.69) is 15.9 Å². The molecule has 1 atom stereocenters. The van der Waals surface area contributed by atoms with Crippen LogP contribution in [-0.4, -0.2) is 5.11 Å². The molecule has 1 heterocycles. The summed E-state index contributed by atoms with van der Waals surface area (Å²) in [6, 6.07) is 9.66. The van der Waals surface area contributed by atoms with Crippen molar-refractivity contribution in [3.63, 3.8) is 0 Å². The predicted octanol–water partition coefficient (Wildman–Crippen LogP) is 3.59. The standard InChI is InChI=1S/C11H9BrOS/c12-10-3-1-8(2-4-10)11(13)9-5-6-14-7-9/h1-7,11,13H. The molecule has 0 spiro atoms. The van der Waals surface area contributed by atoms with Gasteiger partial charge < -0.3 is 5.11 Å². The van der Waals surface area contributed by atoms with Crippen molar-refractivity contribution in [2.75, 3.05) is 0 Å². The van der Waals surface area contributed by atoms with Gasteiger partial charge in [0.15, 0.2) is 0 Å². The van der Waals surface area contributed by atoms with E-state index < -0.39 is 6.10 Å². The van der Waals surface area contributed by atoms with Gasteiger partial charge in [-0.3, -0.25) is 0 Å². The molecular weight excluding hydrogens is 260 g/mol. The maximum absolute atomic E-state index is 9.96. The zero-order valence-corrected chi connectivity index (χ0v) is 9.75. The summed E-state index contributed by atoms with van der Waals surface area (Å²) in [5.41, 5.74) is 1.88. The summed E-state index contributed by atoms with van der Waals surface area (Å²) in [5.74, 6) is 0. The summed E-state index contributed by atoms with van der Waals surface area (Å²) in [6.07, 6.45) is -0.505. The highest BCUT2D eigenvalue weighted by atomic mass is 79.9. The van der Waals surface area contributed by atoms with E-state index in [0.29, 0.717) is 0 Å². The van der Waals surface area contributed by atoms with E-state index in [-0.39, 0.29) is 0 Å². The van der Waals surface area contributed by atoms with Crippen LogP contribution in [0.25, 0.3) is 0 Å². The van der Waals surface area contributed by atoms with Crippen LogP contribution in [0.15, 0.2) is 45.6 Å². The van der Waals surface area contributed by atoms with E-state index in [9.17, 15) is 5.11 Å². The van der Waals surface area contributed by atoms with Crippen LogP contribution >= 0.6 is 27.3 Å². The fourth-order valence-electron chi connectivity index (χ4n) is 1.27. The maximum atomic E-state index is 9.96. The van der Waals surface area contributed by atoms with Crippen LogP contribution in [0.5, 0.6) is 0 Å². The van der Waals surface area contributed by atoms with Crippen LogP contribution in [0.4, 0.5) is 0 Å². The lowest BCUT2D eigenvalue weighted by Gasteiger charge is -2.08. The number of hydrogen-bond acceptors (Lipinski definition) is 2. The van der Waals surface area contributed by atoms with Crippen LogP contribution in [0, 0.1) is 0 Å². The molecule has 2 rings (SSSR count). The van der Waals surface area contributed by atoms with Gasteiger partial charge in [-0.2, -0.15) is 11.3 Å². The zero-order chi connectivity index (χ0) is 9.97. The Morgan fingerprint density at radius 1 is 1.07 bits per heavy atom. The molecule has 0 fully saturated rings. The lowest BCUT2D eigenvalue weighted by atomic mass is 10.1. The second kappa shape index (κ2) is 4.26. The van der Waals surface area contributed by atoms with Gasteiger partial charge in [-0.15, -0.1) is 0 Å².